The first-order valence-electron chi connectivity index (χ1n) is 6.08. The summed E-state index contributed by atoms with van der Waals surface area (Å²) in [6, 6.07) is 7.60. The van der Waals surface area contributed by atoms with Gasteiger partial charge in [-0.2, -0.15) is 11.8 Å². The van der Waals surface area contributed by atoms with E-state index < -0.39 is 0 Å². The van der Waals surface area contributed by atoms with Crippen LogP contribution in [0.25, 0.3) is 0 Å². The molecule has 18 heavy (non-hydrogen) atoms. The molecule has 0 saturated carbocycles. The molecule has 0 spiro atoms. The van der Waals surface area contributed by atoms with E-state index in [4.69, 9.17) is 0 Å². The van der Waals surface area contributed by atoms with Crippen LogP contribution in [0.3, 0.4) is 0 Å². The average molecular weight is 329 g/mol. The molecule has 0 radical (unpaired) electrons. The number of carbonyl (C=O) groups excluding carboxylic acids is 1. The number of amides is 1. The van der Waals surface area contributed by atoms with Gasteiger partial charge in [0.15, 0.2) is 0 Å². The van der Waals surface area contributed by atoms with Crippen molar-refractivity contribution in [3.05, 3.63) is 28.7 Å². The van der Waals surface area contributed by atoms with Gasteiger partial charge in [0.1, 0.15) is 0 Å². The second kappa shape index (κ2) is 7.16. The van der Waals surface area contributed by atoms with E-state index in [9.17, 15) is 4.79 Å². The van der Waals surface area contributed by atoms with Gasteiger partial charge in [0.05, 0.1) is 6.54 Å². The molecule has 1 saturated heterocycles. The number of carbonyl (C=O) groups is 1. The molecule has 1 aromatic rings. The summed E-state index contributed by atoms with van der Waals surface area (Å²) >= 11 is 5.36. The van der Waals surface area contributed by atoms with Gasteiger partial charge in [0, 0.05) is 10.2 Å². The summed E-state index contributed by atoms with van der Waals surface area (Å²) in [5.41, 5.74) is 0.835. The minimum absolute atomic E-state index is 0.0166. The zero-order valence-corrected chi connectivity index (χ0v) is 12.5. The number of thioether (sulfide) groups is 1. The maximum atomic E-state index is 11.7. The molecule has 1 aliphatic heterocycles. The second-order valence-electron chi connectivity index (χ2n) is 4.42. The number of hydrogen-bond donors (Lipinski definition) is 2. The molecule has 2 rings (SSSR count). The van der Waals surface area contributed by atoms with Crippen molar-refractivity contribution in [1.82, 2.24) is 5.32 Å². The number of rotatable bonds is 5. The van der Waals surface area contributed by atoms with Crippen molar-refractivity contribution in [2.45, 2.75) is 6.42 Å². The van der Waals surface area contributed by atoms with E-state index in [-0.39, 0.29) is 5.91 Å². The van der Waals surface area contributed by atoms with Crippen LogP contribution in [0.1, 0.15) is 6.42 Å². The van der Waals surface area contributed by atoms with Crippen LogP contribution in [-0.4, -0.2) is 30.5 Å². The smallest absolute Gasteiger partial charge is 0.238 e. The first kappa shape index (κ1) is 13.9. The van der Waals surface area contributed by atoms with Gasteiger partial charge < -0.3 is 10.6 Å². The molecule has 1 aliphatic rings. The van der Waals surface area contributed by atoms with E-state index in [2.05, 4.69) is 26.6 Å². The Balaban J connectivity index is 1.66. The van der Waals surface area contributed by atoms with Gasteiger partial charge in [-0.15, -0.1) is 0 Å². The highest BCUT2D eigenvalue weighted by Gasteiger charge is 2.15. The van der Waals surface area contributed by atoms with Crippen molar-refractivity contribution in [2.24, 2.45) is 5.92 Å². The third kappa shape index (κ3) is 4.63. The minimum Gasteiger partial charge on any atom is -0.325 e. The molecule has 1 amide bonds. The lowest BCUT2D eigenvalue weighted by atomic mass is 10.1. The fourth-order valence-corrected chi connectivity index (χ4v) is 3.42. The van der Waals surface area contributed by atoms with Crippen LogP contribution in [0.4, 0.5) is 5.69 Å². The second-order valence-corrected chi connectivity index (χ2v) is 6.48. The van der Waals surface area contributed by atoms with Crippen LogP contribution in [-0.2, 0) is 4.79 Å². The van der Waals surface area contributed by atoms with Crippen molar-refractivity contribution in [2.75, 3.05) is 29.9 Å². The Morgan fingerprint density at radius 1 is 1.39 bits per heavy atom. The summed E-state index contributed by atoms with van der Waals surface area (Å²) in [4.78, 5) is 11.7. The predicted octanol–water partition coefficient (Wildman–Crippen LogP) is 2.73. The van der Waals surface area contributed by atoms with Crippen LogP contribution in [0.2, 0.25) is 0 Å². The van der Waals surface area contributed by atoms with Crippen LogP contribution in [0.15, 0.2) is 28.7 Å². The molecule has 1 atom stereocenters. The number of anilines is 1. The lowest BCUT2D eigenvalue weighted by Crippen LogP contribution is -2.31. The highest BCUT2D eigenvalue weighted by molar-refractivity contribution is 9.10. The Morgan fingerprint density at radius 3 is 2.83 bits per heavy atom. The van der Waals surface area contributed by atoms with Crippen molar-refractivity contribution in [1.29, 1.82) is 0 Å². The van der Waals surface area contributed by atoms with Crippen molar-refractivity contribution >= 4 is 39.3 Å². The zero-order chi connectivity index (χ0) is 12.8. The summed E-state index contributed by atoms with van der Waals surface area (Å²) in [5.74, 6) is 3.23. The van der Waals surface area contributed by atoms with Gasteiger partial charge in [0.25, 0.3) is 0 Å². The predicted molar refractivity (Wildman–Crippen MR) is 81.1 cm³/mol. The van der Waals surface area contributed by atoms with E-state index >= 15 is 0 Å². The summed E-state index contributed by atoms with van der Waals surface area (Å²) in [5, 5.41) is 6.09. The fourth-order valence-electron chi connectivity index (χ4n) is 1.87. The van der Waals surface area contributed by atoms with E-state index in [1.165, 1.54) is 17.9 Å². The SMILES string of the molecule is O=C(CNCC1CCSC1)Nc1ccc(Br)cc1. The Bertz CT molecular complexity index is 390. The summed E-state index contributed by atoms with van der Waals surface area (Å²) in [6.07, 6.45) is 1.27. The molecule has 5 heteroatoms. The van der Waals surface area contributed by atoms with Gasteiger partial charge in [-0.25, -0.2) is 0 Å². The normalized spacial score (nSPS) is 18.8. The third-order valence-corrected chi connectivity index (χ3v) is 4.63. The molecular weight excluding hydrogens is 312 g/mol. The van der Waals surface area contributed by atoms with Gasteiger partial charge in [-0.1, -0.05) is 15.9 Å². The topological polar surface area (TPSA) is 41.1 Å². The standard InChI is InChI=1S/C13H17BrN2OS/c14-11-1-3-12(4-2-11)16-13(17)8-15-7-10-5-6-18-9-10/h1-4,10,15H,5-9H2,(H,16,17). The van der Waals surface area contributed by atoms with Crippen molar-refractivity contribution in [3.63, 3.8) is 0 Å². The molecule has 0 aromatic heterocycles. The first-order valence-corrected chi connectivity index (χ1v) is 8.02. The highest BCUT2D eigenvalue weighted by atomic mass is 79.9. The Kier molecular flexibility index (Phi) is 5.53. The van der Waals surface area contributed by atoms with Gasteiger partial charge >= 0.3 is 0 Å². The molecule has 1 aromatic carbocycles. The van der Waals surface area contributed by atoms with Crippen LogP contribution in [0.5, 0.6) is 0 Å². The summed E-state index contributed by atoms with van der Waals surface area (Å²) in [6.45, 7) is 1.33. The van der Waals surface area contributed by atoms with Gasteiger partial charge in [-0.3, -0.25) is 4.79 Å². The molecule has 1 fully saturated rings. The molecular formula is C13H17BrN2OS. The molecule has 98 valence electrons. The quantitative estimate of drug-likeness (QED) is 0.873. The number of benzene rings is 1. The number of hydrogen-bond acceptors (Lipinski definition) is 3. The molecule has 3 nitrogen and oxygen atoms in total. The average Bonchev–Trinajstić information content (AvgIpc) is 2.85. The first-order chi connectivity index (χ1) is 8.74. The molecule has 0 bridgehead atoms. The number of halogens is 1. The van der Waals surface area contributed by atoms with E-state index in [1.807, 2.05) is 36.0 Å². The van der Waals surface area contributed by atoms with Crippen molar-refractivity contribution in [3.8, 4) is 0 Å². The van der Waals surface area contributed by atoms with Gasteiger partial charge in [-0.05, 0) is 54.7 Å². The summed E-state index contributed by atoms with van der Waals surface area (Å²) < 4.78 is 1.01. The Labute approximate surface area is 120 Å². The lowest BCUT2D eigenvalue weighted by Gasteiger charge is -2.10. The maximum Gasteiger partial charge on any atom is 0.238 e. The third-order valence-electron chi connectivity index (χ3n) is 2.87. The Hall–Kier alpha value is -0.520. The lowest BCUT2D eigenvalue weighted by molar-refractivity contribution is -0.115. The maximum absolute atomic E-state index is 11.7. The minimum atomic E-state index is 0.0166. The van der Waals surface area contributed by atoms with Crippen LogP contribution in [0, 0.1) is 5.92 Å². The molecule has 0 aliphatic carbocycles. The van der Waals surface area contributed by atoms with E-state index in [0.717, 1.165) is 22.6 Å². The van der Waals surface area contributed by atoms with Crippen molar-refractivity contribution < 1.29 is 4.79 Å². The van der Waals surface area contributed by atoms with Crippen LogP contribution >= 0.6 is 27.7 Å². The van der Waals surface area contributed by atoms with Crippen LogP contribution < -0.4 is 10.6 Å². The van der Waals surface area contributed by atoms with Gasteiger partial charge in [0.2, 0.25) is 5.91 Å². The van der Waals surface area contributed by atoms with E-state index in [0.29, 0.717) is 6.54 Å². The largest absolute Gasteiger partial charge is 0.325 e. The number of nitrogens with one attached hydrogen (secondary N) is 2. The molecule has 1 unspecified atom stereocenters. The monoisotopic (exact) mass is 328 g/mol. The molecule has 2 N–H and O–H groups in total. The Morgan fingerprint density at radius 2 is 2.17 bits per heavy atom. The molecule has 1 heterocycles. The highest BCUT2D eigenvalue weighted by Crippen LogP contribution is 2.22. The summed E-state index contributed by atoms with van der Waals surface area (Å²) in [7, 11) is 0. The fraction of sp³-hybridized carbons (Fsp3) is 0.462. The van der Waals surface area contributed by atoms with E-state index in [1.54, 1.807) is 0 Å². The zero-order valence-electron chi connectivity index (χ0n) is 10.1.